The fourth-order valence-electron chi connectivity index (χ4n) is 1.34. The van der Waals surface area contributed by atoms with Gasteiger partial charge in [0.1, 0.15) is 6.23 Å². The van der Waals surface area contributed by atoms with Crippen LogP contribution in [-0.2, 0) is 9.47 Å². The van der Waals surface area contributed by atoms with E-state index in [9.17, 15) is 0 Å². The molecule has 0 aliphatic carbocycles. The Hall–Kier alpha value is -0.540. The van der Waals surface area contributed by atoms with E-state index in [1.165, 1.54) is 0 Å². The standard InChI is InChI=1S/C8H15NO2/c1-6-7(10-2)4-5-9-8(6)11-3/h4,6,8-9H,5H2,1-3H3. The van der Waals surface area contributed by atoms with Gasteiger partial charge in [-0.05, 0) is 6.08 Å². The molecule has 0 spiro atoms. The lowest BCUT2D eigenvalue weighted by Gasteiger charge is -2.28. The number of hydrogen-bond donors (Lipinski definition) is 1. The average Bonchev–Trinajstić information content (AvgIpc) is 2.05. The van der Waals surface area contributed by atoms with Gasteiger partial charge >= 0.3 is 0 Å². The SMILES string of the molecule is COC1=CCNC(OC)C1C. The minimum atomic E-state index is 0.0925. The van der Waals surface area contributed by atoms with Crippen molar-refractivity contribution in [2.75, 3.05) is 20.8 Å². The van der Waals surface area contributed by atoms with Crippen molar-refractivity contribution in [3.63, 3.8) is 0 Å². The molecule has 0 amide bonds. The van der Waals surface area contributed by atoms with Gasteiger partial charge in [0.2, 0.25) is 0 Å². The number of nitrogens with one attached hydrogen (secondary N) is 1. The van der Waals surface area contributed by atoms with E-state index in [0.29, 0.717) is 5.92 Å². The molecule has 0 bridgehead atoms. The Balaban J connectivity index is 2.60. The summed E-state index contributed by atoms with van der Waals surface area (Å²) in [6.45, 7) is 2.90. The second-order valence-electron chi connectivity index (χ2n) is 2.66. The lowest BCUT2D eigenvalue weighted by molar-refractivity contribution is 0.0206. The van der Waals surface area contributed by atoms with Gasteiger partial charge in [-0.25, -0.2) is 0 Å². The summed E-state index contributed by atoms with van der Waals surface area (Å²) in [7, 11) is 3.40. The lowest BCUT2D eigenvalue weighted by Crippen LogP contribution is -2.41. The Kier molecular flexibility index (Phi) is 2.91. The Labute approximate surface area is 67.4 Å². The van der Waals surface area contributed by atoms with Crippen molar-refractivity contribution in [2.24, 2.45) is 5.92 Å². The summed E-state index contributed by atoms with van der Waals surface area (Å²) in [5.41, 5.74) is 0. The highest BCUT2D eigenvalue weighted by atomic mass is 16.5. The molecule has 0 radical (unpaired) electrons. The molecule has 1 aliphatic rings. The van der Waals surface area contributed by atoms with Crippen molar-refractivity contribution in [3.05, 3.63) is 11.8 Å². The molecule has 1 rings (SSSR count). The second-order valence-corrected chi connectivity index (χ2v) is 2.66. The van der Waals surface area contributed by atoms with Crippen LogP contribution in [0.3, 0.4) is 0 Å². The van der Waals surface area contributed by atoms with Gasteiger partial charge in [-0.2, -0.15) is 0 Å². The summed E-state index contributed by atoms with van der Waals surface area (Å²) in [5, 5.41) is 3.20. The number of methoxy groups -OCH3 is 2. The molecule has 64 valence electrons. The Morgan fingerprint density at radius 1 is 1.55 bits per heavy atom. The third-order valence-corrected chi connectivity index (χ3v) is 2.01. The Morgan fingerprint density at radius 3 is 2.82 bits per heavy atom. The largest absolute Gasteiger partial charge is 0.501 e. The topological polar surface area (TPSA) is 30.5 Å². The first kappa shape index (κ1) is 8.56. The first-order valence-corrected chi connectivity index (χ1v) is 3.79. The van der Waals surface area contributed by atoms with E-state index in [2.05, 4.69) is 12.2 Å². The Morgan fingerprint density at radius 2 is 2.27 bits per heavy atom. The van der Waals surface area contributed by atoms with Crippen molar-refractivity contribution in [3.8, 4) is 0 Å². The summed E-state index contributed by atoms with van der Waals surface area (Å²) >= 11 is 0. The third kappa shape index (κ3) is 1.73. The lowest BCUT2D eigenvalue weighted by atomic mass is 10.0. The van der Waals surface area contributed by atoms with Crippen LogP contribution in [0, 0.1) is 5.92 Å². The van der Waals surface area contributed by atoms with E-state index < -0.39 is 0 Å². The molecule has 11 heavy (non-hydrogen) atoms. The van der Waals surface area contributed by atoms with Crippen molar-refractivity contribution < 1.29 is 9.47 Å². The van der Waals surface area contributed by atoms with E-state index in [-0.39, 0.29) is 6.23 Å². The predicted octanol–water partition coefficient (Wildman–Crippen LogP) is 0.728. The van der Waals surface area contributed by atoms with Gasteiger partial charge in [0, 0.05) is 13.7 Å². The molecule has 2 atom stereocenters. The zero-order chi connectivity index (χ0) is 8.27. The molecule has 0 saturated carbocycles. The molecule has 0 aromatic rings. The van der Waals surface area contributed by atoms with Gasteiger partial charge < -0.3 is 9.47 Å². The fourth-order valence-corrected chi connectivity index (χ4v) is 1.34. The second kappa shape index (κ2) is 3.74. The zero-order valence-electron chi connectivity index (χ0n) is 7.26. The summed E-state index contributed by atoms with van der Waals surface area (Å²) in [6.07, 6.45) is 2.13. The van der Waals surface area contributed by atoms with Gasteiger partial charge in [-0.3, -0.25) is 5.32 Å². The van der Waals surface area contributed by atoms with Crippen LogP contribution in [-0.4, -0.2) is 27.0 Å². The number of ether oxygens (including phenoxy) is 2. The molecular weight excluding hydrogens is 142 g/mol. The van der Waals surface area contributed by atoms with Gasteiger partial charge in [0.25, 0.3) is 0 Å². The van der Waals surface area contributed by atoms with E-state index >= 15 is 0 Å². The first-order chi connectivity index (χ1) is 5.29. The molecule has 1 aliphatic heterocycles. The minimum absolute atomic E-state index is 0.0925. The van der Waals surface area contributed by atoms with Crippen LogP contribution in [0.1, 0.15) is 6.92 Å². The molecule has 2 unspecified atom stereocenters. The summed E-state index contributed by atoms with van der Waals surface area (Å²) in [5.74, 6) is 1.31. The van der Waals surface area contributed by atoms with Crippen LogP contribution in [0.5, 0.6) is 0 Å². The van der Waals surface area contributed by atoms with E-state index in [4.69, 9.17) is 9.47 Å². The summed E-state index contributed by atoms with van der Waals surface area (Å²) in [6, 6.07) is 0. The average molecular weight is 157 g/mol. The molecule has 3 heteroatoms. The molecular formula is C8H15NO2. The van der Waals surface area contributed by atoms with E-state index in [0.717, 1.165) is 12.3 Å². The van der Waals surface area contributed by atoms with Crippen LogP contribution in [0.15, 0.2) is 11.8 Å². The monoisotopic (exact) mass is 157 g/mol. The molecule has 0 fully saturated rings. The van der Waals surface area contributed by atoms with Crippen molar-refractivity contribution in [2.45, 2.75) is 13.2 Å². The van der Waals surface area contributed by atoms with Crippen LogP contribution >= 0.6 is 0 Å². The predicted molar refractivity (Wildman–Crippen MR) is 43.1 cm³/mol. The third-order valence-electron chi connectivity index (χ3n) is 2.01. The highest BCUT2D eigenvalue weighted by Crippen LogP contribution is 2.18. The molecule has 1 N–H and O–H groups in total. The van der Waals surface area contributed by atoms with E-state index in [1.54, 1.807) is 14.2 Å². The quantitative estimate of drug-likeness (QED) is 0.641. The minimum Gasteiger partial charge on any atom is -0.501 e. The fraction of sp³-hybridized carbons (Fsp3) is 0.750. The maximum atomic E-state index is 5.20. The van der Waals surface area contributed by atoms with Gasteiger partial charge in [-0.15, -0.1) is 0 Å². The maximum Gasteiger partial charge on any atom is 0.117 e. The normalized spacial score (nSPS) is 31.4. The highest BCUT2D eigenvalue weighted by Gasteiger charge is 2.23. The number of hydrogen-bond acceptors (Lipinski definition) is 3. The highest BCUT2D eigenvalue weighted by molar-refractivity contribution is 5.04. The Bertz CT molecular complexity index is 156. The number of rotatable bonds is 2. The molecule has 0 saturated heterocycles. The van der Waals surface area contributed by atoms with Gasteiger partial charge in [0.05, 0.1) is 18.8 Å². The molecule has 0 aromatic heterocycles. The van der Waals surface area contributed by atoms with Crippen molar-refractivity contribution in [1.29, 1.82) is 0 Å². The zero-order valence-corrected chi connectivity index (χ0v) is 7.26. The smallest absolute Gasteiger partial charge is 0.117 e. The van der Waals surface area contributed by atoms with E-state index in [1.807, 2.05) is 6.08 Å². The maximum absolute atomic E-state index is 5.20. The van der Waals surface area contributed by atoms with Crippen LogP contribution in [0.4, 0.5) is 0 Å². The van der Waals surface area contributed by atoms with Crippen LogP contribution < -0.4 is 5.32 Å². The molecule has 3 nitrogen and oxygen atoms in total. The van der Waals surface area contributed by atoms with Crippen molar-refractivity contribution >= 4 is 0 Å². The van der Waals surface area contributed by atoms with Crippen molar-refractivity contribution in [1.82, 2.24) is 5.32 Å². The molecule has 1 heterocycles. The first-order valence-electron chi connectivity index (χ1n) is 3.79. The van der Waals surface area contributed by atoms with Gasteiger partial charge in [0.15, 0.2) is 0 Å². The summed E-state index contributed by atoms with van der Waals surface area (Å²) in [4.78, 5) is 0. The molecule has 0 aromatic carbocycles. The van der Waals surface area contributed by atoms with Gasteiger partial charge in [-0.1, -0.05) is 6.92 Å². The van der Waals surface area contributed by atoms with Crippen LogP contribution in [0.2, 0.25) is 0 Å². The van der Waals surface area contributed by atoms with Crippen LogP contribution in [0.25, 0.3) is 0 Å². The summed E-state index contributed by atoms with van der Waals surface area (Å²) < 4.78 is 10.4.